The first kappa shape index (κ1) is 17.6. The van der Waals surface area contributed by atoms with E-state index in [1.165, 1.54) is 12.4 Å². The number of sulfonamides is 1. The number of nitrogens with one attached hydrogen (secondary N) is 1. The standard InChI is InChI=1S/C16H20N4O4S/c1-25(23,24)19-8-11-3-2-6-20(9-11)15-13-7-12(16(21)22)4-5-14(13)17-10-18-15/h4-5,7,10-11,19H,2-3,6,8-9H2,1H3,(H,21,22). The summed E-state index contributed by atoms with van der Waals surface area (Å²) < 4.78 is 25.2. The van der Waals surface area contributed by atoms with E-state index in [1.54, 1.807) is 12.1 Å². The molecule has 0 radical (unpaired) electrons. The van der Waals surface area contributed by atoms with Crippen molar-refractivity contribution >= 4 is 32.7 Å². The molecule has 9 heteroatoms. The molecule has 1 aromatic carbocycles. The lowest BCUT2D eigenvalue weighted by Gasteiger charge is -2.34. The molecule has 1 atom stereocenters. The van der Waals surface area contributed by atoms with Crippen LogP contribution < -0.4 is 9.62 Å². The number of nitrogens with zero attached hydrogens (tertiary/aromatic N) is 3. The minimum Gasteiger partial charge on any atom is -0.478 e. The summed E-state index contributed by atoms with van der Waals surface area (Å²) in [5.41, 5.74) is 0.877. The van der Waals surface area contributed by atoms with Gasteiger partial charge in [0.1, 0.15) is 12.1 Å². The lowest BCUT2D eigenvalue weighted by Crippen LogP contribution is -2.41. The van der Waals surface area contributed by atoms with Crippen LogP contribution in [-0.2, 0) is 10.0 Å². The quantitative estimate of drug-likeness (QED) is 0.817. The van der Waals surface area contributed by atoms with Crippen molar-refractivity contribution in [3.05, 3.63) is 30.1 Å². The summed E-state index contributed by atoms with van der Waals surface area (Å²) in [5.74, 6) is -0.126. The average Bonchev–Trinajstić information content (AvgIpc) is 2.58. The Morgan fingerprint density at radius 1 is 1.40 bits per heavy atom. The molecule has 1 saturated heterocycles. The molecule has 25 heavy (non-hydrogen) atoms. The predicted molar refractivity (Wildman–Crippen MR) is 94.3 cm³/mol. The third-order valence-electron chi connectivity index (χ3n) is 4.31. The Bertz CT molecular complexity index is 900. The van der Waals surface area contributed by atoms with Gasteiger partial charge in [0.25, 0.3) is 0 Å². The number of carboxylic acids is 1. The zero-order valence-electron chi connectivity index (χ0n) is 13.8. The number of fused-ring (bicyclic) bond motifs is 1. The number of rotatable bonds is 5. The van der Waals surface area contributed by atoms with E-state index >= 15 is 0 Å². The second-order valence-electron chi connectivity index (χ2n) is 6.31. The van der Waals surface area contributed by atoms with Crippen molar-refractivity contribution < 1.29 is 18.3 Å². The predicted octanol–water partition coefficient (Wildman–Crippen LogP) is 1.09. The van der Waals surface area contributed by atoms with Crippen molar-refractivity contribution in [2.45, 2.75) is 12.8 Å². The van der Waals surface area contributed by atoms with Gasteiger partial charge in [0.15, 0.2) is 0 Å². The Labute approximate surface area is 145 Å². The number of anilines is 1. The molecular weight excluding hydrogens is 344 g/mol. The Kier molecular flexibility index (Phi) is 4.87. The minimum absolute atomic E-state index is 0.177. The molecule has 134 valence electrons. The van der Waals surface area contributed by atoms with Crippen molar-refractivity contribution in [2.24, 2.45) is 5.92 Å². The van der Waals surface area contributed by atoms with E-state index in [1.807, 2.05) is 0 Å². The van der Waals surface area contributed by atoms with Gasteiger partial charge in [0.2, 0.25) is 10.0 Å². The van der Waals surface area contributed by atoms with E-state index in [-0.39, 0.29) is 11.5 Å². The van der Waals surface area contributed by atoms with Crippen LogP contribution in [0.1, 0.15) is 23.2 Å². The molecule has 2 heterocycles. The molecule has 1 unspecified atom stereocenters. The largest absolute Gasteiger partial charge is 0.478 e. The van der Waals surface area contributed by atoms with Crippen LogP contribution in [0.4, 0.5) is 5.82 Å². The lowest BCUT2D eigenvalue weighted by atomic mass is 9.98. The molecule has 2 N–H and O–H groups in total. The summed E-state index contributed by atoms with van der Waals surface area (Å²) in [4.78, 5) is 21.9. The van der Waals surface area contributed by atoms with Gasteiger partial charge in [0.05, 0.1) is 17.3 Å². The second-order valence-corrected chi connectivity index (χ2v) is 8.14. The number of piperidine rings is 1. The fraction of sp³-hybridized carbons (Fsp3) is 0.438. The Hall–Kier alpha value is -2.26. The Morgan fingerprint density at radius 3 is 2.92 bits per heavy atom. The molecule has 0 bridgehead atoms. The summed E-state index contributed by atoms with van der Waals surface area (Å²) in [6, 6.07) is 4.79. The van der Waals surface area contributed by atoms with Gasteiger partial charge in [-0.3, -0.25) is 0 Å². The Balaban J connectivity index is 1.87. The zero-order valence-corrected chi connectivity index (χ0v) is 14.7. The van der Waals surface area contributed by atoms with Crippen molar-refractivity contribution in [1.29, 1.82) is 0 Å². The average molecular weight is 364 g/mol. The van der Waals surface area contributed by atoms with Crippen LogP contribution in [-0.4, -0.2) is 55.4 Å². The van der Waals surface area contributed by atoms with Gasteiger partial charge < -0.3 is 10.0 Å². The smallest absolute Gasteiger partial charge is 0.335 e. The number of carbonyl (C=O) groups is 1. The third-order valence-corrected chi connectivity index (χ3v) is 5.01. The van der Waals surface area contributed by atoms with Crippen LogP contribution in [0.15, 0.2) is 24.5 Å². The molecule has 1 fully saturated rings. The number of carboxylic acid groups (broad SMARTS) is 1. The molecule has 0 amide bonds. The van der Waals surface area contributed by atoms with Gasteiger partial charge in [-0.15, -0.1) is 0 Å². The first-order valence-corrected chi connectivity index (χ1v) is 9.90. The summed E-state index contributed by atoms with van der Waals surface area (Å²) >= 11 is 0. The maximum atomic E-state index is 11.3. The summed E-state index contributed by atoms with van der Waals surface area (Å²) in [5, 5.41) is 9.91. The van der Waals surface area contributed by atoms with Crippen LogP contribution in [0.5, 0.6) is 0 Å². The lowest BCUT2D eigenvalue weighted by molar-refractivity contribution is 0.0697. The highest BCUT2D eigenvalue weighted by atomic mass is 32.2. The monoisotopic (exact) mass is 364 g/mol. The van der Waals surface area contributed by atoms with Crippen LogP contribution in [0.25, 0.3) is 10.9 Å². The molecule has 1 aromatic heterocycles. The van der Waals surface area contributed by atoms with Crippen LogP contribution in [0.3, 0.4) is 0 Å². The SMILES string of the molecule is CS(=O)(=O)NCC1CCCN(c2ncnc3ccc(C(=O)O)cc23)C1. The van der Waals surface area contributed by atoms with Gasteiger partial charge in [-0.25, -0.2) is 27.9 Å². The minimum atomic E-state index is -3.21. The van der Waals surface area contributed by atoms with E-state index < -0.39 is 16.0 Å². The number of hydrogen-bond acceptors (Lipinski definition) is 6. The summed E-state index contributed by atoms with van der Waals surface area (Å²) in [7, 11) is -3.21. The first-order valence-electron chi connectivity index (χ1n) is 8.01. The first-order chi connectivity index (χ1) is 11.8. The number of benzene rings is 1. The number of hydrogen-bond donors (Lipinski definition) is 2. The molecule has 1 aliphatic rings. The third kappa shape index (κ3) is 4.23. The molecule has 8 nitrogen and oxygen atoms in total. The second kappa shape index (κ2) is 6.93. The molecule has 0 aliphatic carbocycles. The summed E-state index contributed by atoms with van der Waals surface area (Å²) in [6.45, 7) is 1.84. The van der Waals surface area contributed by atoms with Gasteiger partial charge >= 0.3 is 5.97 Å². The van der Waals surface area contributed by atoms with E-state index in [0.29, 0.717) is 29.8 Å². The maximum Gasteiger partial charge on any atom is 0.335 e. The van der Waals surface area contributed by atoms with Gasteiger partial charge in [0, 0.05) is 25.0 Å². The van der Waals surface area contributed by atoms with Gasteiger partial charge in [-0.1, -0.05) is 0 Å². The Morgan fingerprint density at radius 2 is 2.20 bits per heavy atom. The highest BCUT2D eigenvalue weighted by molar-refractivity contribution is 7.88. The van der Waals surface area contributed by atoms with Crippen LogP contribution >= 0.6 is 0 Å². The molecule has 3 rings (SSSR count). The maximum absolute atomic E-state index is 11.3. The molecule has 1 aliphatic heterocycles. The van der Waals surface area contributed by atoms with Crippen molar-refractivity contribution in [2.75, 3.05) is 30.8 Å². The van der Waals surface area contributed by atoms with E-state index in [0.717, 1.165) is 25.6 Å². The van der Waals surface area contributed by atoms with Crippen molar-refractivity contribution in [3.63, 3.8) is 0 Å². The molecule has 0 spiro atoms. The zero-order chi connectivity index (χ0) is 18.0. The van der Waals surface area contributed by atoms with E-state index in [9.17, 15) is 18.3 Å². The van der Waals surface area contributed by atoms with Crippen molar-refractivity contribution in [3.8, 4) is 0 Å². The summed E-state index contributed by atoms with van der Waals surface area (Å²) in [6.07, 6.45) is 4.47. The number of aromatic carboxylic acids is 1. The fourth-order valence-electron chi connectivity index (χ4n) is 3.12. The van der Waals surface area contributed by atoms with Crippen molar-refractivity contribution in [1.82, 2.24) is 14.7 Å². The molecule has 2 aromatic rings. The normalized spacial score (nSPS) is 18.4. The highest BCUT2D eigenvalue weighted by Gasteiger charge is 2.23. The fourth-order valence-corrected chi connectivity index (χ4v) is 3.66. The van der Waals surface area contributed by atoms with Crippen LogP contribution in [0, 0.1) is 5.92 Å². The molecule has 0 saturated carbocycles. The van der Waals surface area contributed by atoms with Gasteiger partial charge in [-0.2, -0.15) is 0 Å². The number of aromatic nitrogens is 2. The highest BCUT2D eigenvalue weighted by Crippen LogP contribution is 2.28. The van der Waals surface area contributed by atoms with E-state index in [2.05, 4.69) is 19.6 Å². The van der Waals surface area contributed by atoms with Gasteiger partial charge in [-0.05, 0) is 37.0 Å². The topological polar surface area (TPSA) is 112 Å². The van der Waals surface area contributed by atoms with Crippen LogP contribution in [0.2, 0.25) is 0 Å². The molecular formula is C16H20N4O4S. The van der Waals surface area contributed by atoms with E-state index in [4.69, 9.17) is 0 Å².